The Hall–Kier alpha value is -1.57. The van der Waals surface area contributed by atoms with Crippen molar-refractivity contribution in [3.05, 3.63) is 36.5 Å². The Morgan fingerprint density at radius 3 is 2.93 bits per heavy atom. The SMILES string of the molecule is CC(CC=O)n1ccc2ccccc21. The minimum absolute atomic E-state index is 0.243. The molecule has 0 spiro atoms. The third-order valence-corrected chi connectivity index (χ3v) is 2.54. The molecule has 0 aliphatic carbocycles. The van der Waals surface area contributed by atoms with E-state index in [1.54, 1.807) is 0 Å². The van der Waals surface area contributed by atoms with E-state index in [0.29, 0.717) is 6.42 Å². The van der Waals surface area contributed by atoms with Crippen LogP contribution in [0.2, 0.25) is 0 Å². The number of nitrogens with zero attached hydrogens (tertiary/aromatic N) is 1. The lowest BCUT2D eigenvalue weighted by Gasteiger charge is -2.11. The van der Waals surface area contributed by atoms with Gasteiger partial charge in [0.15, 0.2) is 0 Å². The highest BCUT2D eigenvalue weighted by Crippen LogP contribution is 2.20. The van der Waals surface area contributed by atoms with Crippen LogP contribution in [0.4, 0.5) is 0 Å². The van der Waals surface area contributed by atoms with Gasteiger partial charge in [-0.3, -0.25) is 0 Å². The van der Waals surface area contributed by atoms with Gasteiger partial charge >= 0.3 is 0 Å². The molecule has 1 aromatic heterocycles. The molecular weight excluding hydrogens is 174 g/mol. The maximum absolute atomic E-state index is 10.4. The van der Waals surface area contributed by atoms with Gasteiger partial charge in [-0.25, -0.2) is 0 Å². The fraction of sp³-hybridized carbons (Fsp3) is 0.250. The average molecular weight is 187 g/mol. The van der Waals surface area contributed by atoms with Crippen molar-refractivity contribution in [2.24, 2.45) is 0 Å². The van der Waals surface area contributed by atoms with Crippen molar-refractivity contribution in [1.82, 2.24) is 4.57 Å². The Labute approximate surface area is 83.2 Å². The molecule has 1 atom stereocenters. The number of hydrogen-bond donors (Lipinski definition) is 0. The second-order valence-electron chi connectivity index (χ2n) is 3.53. The lowest BCUT2D eigenvalue weighted by Crippen LogP contribution is -2.03. The molecule has 0 amide bonds. The number of benzene rings is 1. The summed E-state index contributed by atoms with van der Waals surface area (Å²) < 4.78 is 2.14. The molecule has 14 heavy (non-hydrogen) atoms. The number of rotatable bonds is 3. The van der Waals surface area contributed by atoms with E-state index in [2.05, 4.69) is 29.7 Å². The van der Waals surface area contributed by atoms with E-state index < -0.39 is 0 Å². The van der Waals surface area contributed by atoms with Gasteiger partial charge in [0.2, 0.25) is 0 Å². The van der Waals surface area contributed by atoms with E-state index in [4.69, 9.17) is 0 Å². The number of aromatic nitrogens is 1. The predicted octanol–water partition coefficient (Wildman–Crippen LogP) is 2.79. The Morgan fingerprint density at radius 1 is 1.36 bits per heavy atom. The molecular formula is C12H13NO. The first-order chi connectivity index (χ1) is 6.83. The molecule has 2 nitrogen and oxygen atoms in total. The van der Waals surface area contributed by atoms with E-state index in [1.807, 2.05) is 18.3 Å². The van der Waals surface area contributed by atoms with Gasteiger partial charge < -0.3 is 9.36 Å². The molecule has 1 unspecified atom stereocenters. The molecule has 1 heterocycles. The molecule has 2 rings (SSSR count). The van der Waals surface area contributed by atoms with Gasteiger partial charge in [0.05, 0.1) is 0 Å². The van der Waals surface area contributed by atoms with Crippen molar-refractivity contribution in [2.45, 2.75) is 19.4 Å². The van der Waals surface area contributed by atoms with Crippen LogP contribution in [0, 0.1) is 0 Å². The van der Waals surface area contributed by atoms with Crippen LogP contribution in [-0.4, -0.2) is 10.9 Å². The fourth-order valence-corrected chi connectivity index (χ4v) is 1.74. The molecule has 2 heteroatoms. The summed E-state index contributed by atoms with van der Waals surface area (Å²) in [5.41, 5.74) is 1.20. The molecule has 72 valence electrons. The number of fused-ring (bicyclic) bond motifs is 1. The van der Waals surface area contributed by atoms with Crippen LogP contribution >= 0.6 is 0 Å². The van der Waals surface area contributed by atoms with Crippen LogP contribution in [0.1, 0.15) is 19.4 Å². The third-order valence-electron chi connectivity index (χ3n) is 2.54. The van der Waals surface area contributed by atoms with Crippen molar-refractivity contribution in [3.63, 3.8) is 0 Å². The van der Waals surface area contributed by atoms with Crippen LogP contribution in [0.25, 0.3) is 10.9 Å². The second-order valence-corrected chi connectivity index (χ2v) is 3.53. The van der Waals surface area contributed by atoms with Crippen molar-refractivity contribution >= 4 is 17.2 Å². The summed E-state index contributed by atoms with van der Waals surface area (Å²) >= 11 is 0. The van der Waals surface area contributed by atoms with E-state index >= 15 is 0 Å². The minimum Gasteiger partial charge on any atom is -0.344 e. The summed E-state index contributed by atoms with van der Waals surface area (Å²) in [6.45, 7) is 2.06. The molecule has 0 saturated heterocycles. The molecule has 0 radical (unpaired) electrons. The Morgan fingerprint density at radius 2 is 2.14 bits per heavy atom. The summed E-state index contributed by atoms with van der Waals surface area (Å²) in [6.07, 6.45) is 3.58. The number of carbonyl (C=O) groups is 1. The summed E-state index contributed by atoms with van der Waals surface area (Å²) in [7, 11) is 0. The molecule has 0 aliphatic heterocycles. The van der Waals surface area contributed by atoms with Crippen molar-refractivity contribution in [3.8, 4) is 0 Å². The molecule has 2 aromatic rings. The third kappa shape index (κ3) is 1.43. The van der Waals surface area contributed by atoms with Gasteiger partial charge in [0.25, 0.3) is 0 Å². The van der Waals surface area contributed by atoms with Gasteiger partial charge in [-0.1, -0.05) is 18.2 Å². The van der Waals surface area contributed by atoms with Crippen LogP contribution in [0.3, 0.4) is 0 Å². The number of hydrogen-bond acceptors (Lipinski definition) is 1. The van der Waals surface area contributed by atoms with E-state index in [0.717, 1.165) is 6.29 Å². The van der Waals surface area contributed by atoms with Gasteiger partial charge in [0.1, 0.15) is 6.29 Å². The molecule has 1 aromatic carbocycles. The molecule has 0 fully saturated rings. The van der Waals surface area contributed by atoms with E-state index in [9.17, 15) is 4.79 Å². The van der Waals surface area contributed by atoms with Crippen molar-refractivity contribution < 1.29 is 4.79 Å². The Bertz CT molecular complexity index is 444. The standard InChI is InChI=1S/C12H13NO/c1-10(7-9-14)13-8-6-11-4-2-3-5-12(11)13/h2-6,8-10H,7H2,1H3. The lowest BCUT2D eigenvalue weighted by molar-refractivity contribution is -0.108. The molecule has 0 bridgehead atoms. The highest BCUT2D eigenvalue weighted by Gasteiger charge is 2.06. The smallest absolute Gasteiger partial charge is 0.122 e. The average Bonchev–Trinajstić information content (AvgIpc) is 2.61. The zero-order valence-electron chi connectivity index (χ0n) is 8.18. The van der Waals surface area contributed by atoms with Crippen LogP contribution in [0.5, 0.6) is 0 Å². The summed E-state index contributed by atoms with van der Waals surface area (Å²) in [6, 6.07) is 10.5. The van der Waals surface area contributed by atoms with Crippen LogP contribution < -0.4 is 0 Å². The Kier molecular flexibility index (Phi) is 2.35. The maximum Gasteiger partial charge on any atom is 0.122 e. The van der Waals surface area contributed by atoms with Gasteiger partial charge in [-0.2, -0.15) is 0 Å². The largest absolute Gasteiger partial charge is 0.344 e. The number of para-hydroxylation sites is 1. The molecule has 0 saturated carbocycles. The first kappa shape index (κ1) is 9.00. The topological polar surface area (TPSA) is 22.0 Å². The monoisotopic (exact) mass is 187 g/mol. The van der Waals surface area contributed by atoms with E-state index in [1.165, 1.54) is 10.9 Å². The van der Waals surface area contributed by atoms with Crippen molar-refractivity contribution in [2.75, 3.05) is 0 Å². The maximum atomic E-state index is 10.4. The normalized spacial score (nSPS) is 12.9. The highest BCUT2D eigenvalue weighted by molar-refractivity contribution is 5.80. The number of aldehydes is 1. The highest BCUT2D eigenvalue weighted by atomic mass is 16.1. The number of carbonyl (C=O) groups excluding carboxylic acids is 1. The van der Waals surface area contributed by atoms with E-state index in [-0.39, 0.29) is 6.04 Å². The predicted molar refractivity (Wildman–Crippen MR) is 57.3 cm³/mol. The van der Waals surface area contributed by atoms with Gasteiger partial charge in [-0.15, -0.1) is 0 Å². The van der Waals surface area contributed by atoms with Crippen molar-refractivity contribution in [1.29, 1.82) is 0 Å². The second kappa shape index (κ2) is 3.66. The first-order valence-corrected chi connectivity index (χ1v) is 4.82. The quantitative estimate of drug-likeness (QED) is 0.677. The summed E-state index contributed by atoms with van der Waals surface area (Å²) in [5, 5.41) is 1.23. The van der Waals surface area contributed by atoms with Crippen LogP contribution in [0.15, 0.2) is 36.5 Å². The first-order valence-electron chi connectivity index (χ1n) is 4.82. The summed E-state index contributed by atoms with van der Waals surface area (Å²) in [4.78, 5) is 10.4. The van der Waals surface area contributed by atoms with Crippen LogP contribution in [-0.2, 0) is 4.79 Å². The van der Waals surface area contributed by atoms with Gasteiger partial charge in [0, 0.05) is 24.2 Å². The fourth-order valence-electron chi connectivity index (χ4n) is 1.74. The van der Waals surface area contributed by atoms with Gasteiger partial charge in [-0.05, 0) is 24.4 Å². The zero-order chi connectivity index (χ0) is 9.97. The molecule has 0 N–H and O–H groups in total. The molecule has 0 aliphatic rings. The Balaban J connectivity index is 2.47. The minimum atomic E-state index is 0.243. The summed E-state index contributed by atoms with van der Waals surface area (Å²) in [5.74, 6) is 0. The lowest BCUT2D eigenvalue weighted by atomic mass is 10.2. The zero-order valence-corrected chi connectivity index (χ0v) is 8.18.